The van der Waals surface area contributed by atoms with Crippen molar-refractivity contribution in [1.29, 1.82) is 0 Å². The van der Waals surface area contributed by atoms with Gasteiger partial charge in [0.2, 0.25) is 0 Å². The first kappa shape index (κ1) is 18.2. The van der Waals surface area contributed by atoms with E-state index in [1.165, 1.54) is 27.8 Å². The summed E-state index contributed by atoms with van der Waals surface area (Å²) < 4.78 is 0. The number of benzene rings is 4. The summed E-state index contributed by atoms with van der Waals surface area (Å²) in [4.78, 5) is 0. The largest absolute Gasteiger partial charge is 0.388 e. The van der Waals surface area contributed by atoms with Gasteiger partial charge >= 0.3 is 0 Å². The van der Waals surface area contributed by atoms with Gasteiger partial charge in [0.15, 0.2) is 0 Å². The van der Waals surface area contributed by atoms with E-state index in [0.717, 1.165) is 18.4 Å². The molecule has 28 heavy (non-hydrogen) atoms. The number of hydrogen-bond donors (Lipinski definition) is 1. The molecular weight excluding hydrogens is 340 g/mol. The Balaban J connectivity index is 1.37. The first-order valence-corrected chi connectivity index (χ1v) is 9.77. The molecule has 1 atom stereocenters. The van der Waals surface area contributed by atoms with Gasteiger partial charge in [-0.2, -0.15) is 0 Å². The second kappa shape index (κ2) is 8.69. The van der Waals surface area contributed by atoms with E-state index in [4.69, 9.17) is 0 Å². The molecule has 138 valence electrons. The van der Waals surface area contributed by atoms with Crippen molar-refractivity contribution in [3.63, 3.8) is 0 Å². The van der Waals surface area contributed by atoms with E-state index >= 15 is 0 Å². The molecule has 4 aromatic carbocycles. The maximum Gasteiger partial charge on any atom is 0.0793 e. The predicted octanol–water partition coefficient (Wildman–Crippen LogP) is 6.69. The average molecular weight is 364 g/mol. The molecule has 0 aliphatic heterocycles. The highest BCUT2D eigenvalue weighted by Crippen LogP contribution is 2.25. The smallest absolute Gasteiger partial charge is 0.0793 e. The van der Waals surface area contributed by atoms with Crippen molar-refractivity contribution in [2.75, 3.05) is 0 Å². The number of hydrogen-bond acceptors (Lipinski definition) is 1. The van der Waals surface area contributed by atoms with Gasteiger partial charge in [-0.15, -0.1) is 0 Å². The lowest BCUT2D eigenvalue weighted by Crippen LogP contribution is -1.99. The highest BCUT2D eigenvalue weighted by molar-refractivity contribution is 5.64. The molecule has 0 saturated carbocycles. The summed E-state index contributed by atoms with van der Waals surface area (Å²) in [7, 11) is 0. The van der Waals surface area contributed by atoms with Gasteiger partial charge in [-0.05, 0) is 46.2 Å². The Labute approximate surface area is 166 Å². The van der Waals surface area contributed by atoms with Crippen LogP contribution in [-0.4, -0.2) is 5.11 Å². The van der Waals surface area contributed by atoms with E-state index in [9.17, 15) is 5.11 Å². The van der Waals surface area contributed by atoms with Gasteiger partial charge in [-0.1, -0.05) is 109 Å². The normalized spacial score (nSPS) is 11.9. The molecule has 0 radical (unpaired) electrons. The van der Waals surface area contributed by atoms with E-state index < -0.39 is 6.10 Å². The summed E-state index contributed by atoms with van der Waals surface area (Å²) in [5.41, 5.74) is 7.05. The van der Waals surface area contributed by atoms with Gasteiger partial charge < -0.3 is 5.11 Å². The molecule has 4 aromatic rings. The molecule has 0 aliphatic rings. The van der Waals surface area contributed by atoms with Crippen molar-refractivity contribution in [3.8, 4) is 22.3 Å². The van der Waals surface area contributed by atoms with Crippen LogP contribution in [0.2, 0.25) is 0 Å². The van der Waals surface area contributed by atoms with Crippen LogP contribution in [0.1, 0.15) is 23.7 Å². The predicted molar refractivity (Wildman–Crippen MR) is 117 cm³/mol. The number of aryl methyl sites for hydroxylation is 1. The van der Waals surface area contributed by atoms with Crippen LogP contribution in [0.25, 0.3) is 22.3 Å². The van der Waals surface area contributed by atoms with Gasteiger partial charge in [0.1, 0.15) is 0 Å². The average Bonchev–Trinajstić information content (AvgIpc) is 2.79. The molecule has 1 N–H and O–H groups in total. The maximum absolute atomic E-state index is 10.6. The van der Waals surface area contributed by atoms with Crippen LogP contribution in [0.3, 0.4) is 0 Å². The molecule has 1 nitrogen and oxygen atoms in total. The Morgan fingerprint density at radius 1 is 0.500 bits per heavy atom. The summed E-state index contributed by atoms with van der Waals surface area (Å²) in [6.07, 6.45) is 1.13. The third-order valence-corrected chi connectivity index (χ3v) is 5.17. The van der Waals surface area contributed by atoms with Gasteiger partial charge in [0.25, 0.3) is 0 Å². The second-order valence-electron chi connectivity index (χ2n) is 7.11. The third kappa shape index (κ3) is 4.39. The standard InChI is InChI=1S/C27H24O/c28-27(26-18-16-25(17-19-26)23-9-5-2-6-10-23)20-13-21-11-14-24(15-12-21)22-7-3-1-4-8-22/h1-12,14-19,27-28H,13,20H2. The zero-order chi connectivity index (χ0) is 19.2. The molecule has 0 heterocycles. The van der Waals surface area contributed by atoms with Crippen molar-refractivity contribution in [2.45, 2.75) is 18.9 Å². The molecule has 0 amide bonds. The molecule has 0 aliphatic carbocycles. The Bertz CT molecular complexity index is 988. The maximum atomic E-state index is 10.6. The van der Waals surface area contributed by atoms with Gasteiger partial charge in [0.05, 0.1) is 6.10 Å². The zero-order valence-corrected chi connectivity index (χ0v) is 15.8. The summed E-state index contributed by atoms with van der Waals surface area (Å²) in [5, 5.41) is 10.6. The summed E-state index contributed by atoms with van der Waals surface area (Å²) in [5.74, 6) is 0. The first-order valence-electron chi connectivity index (χ1n) is 9.77. The van der Waals surface area contributed by atoms with Crippen LogP contribution in [-0.2, 0) is 6.42 Å². The van der Waals surface area contributed by atoms with Crippen LogP contribution in [0.15, 0.2) is 109 Å². The molecule has 0 fully saturated rings. The molecule has 0 aromatic heterocycles. The minimum atomic E-state index is -0.446. The van der Waals surface area contributed by atoms with Gasteiger partial charge in [-0.3, -0.25) is 0 Å². The minimum Gasteiger partial charge on any atom is -0.388 e. The Morgan fingerprint density at radius 2 is 0.929 bits per heavy atom. The van der Waals surface area contributed by atoms with E-state index in [1.54, 1.807) is 0 Å². The highest BCUT2D eigenvalue weighted by atomic mass is 16.3. The third-order valence-electron chi connectivity index (χ3n) is 5.17. The quantitative estimate of drug-likeness (QED) is 0.404. The molecule has 0 saturated heterocycles. The van der Waals surface area contributed by atoms with Crippen LogP contribution < -0.4 is 0 Å². The van der Waals surface area contributed by atoms with Gasteiger partial charge in [0, 0.05) is 0 Å². The van der Waals surface area contributed by atoms with Crippen LogP contribution in [0.4, 0.5) is 0 Å². The Kier molecular flexibility index (Phi) is 5.65. The lowest BCUT2D eigenvalue weighted by atomic mass is 9.97. The number of rotatable bonds is 6. The highest BCUT2D eigenvalue weighted by Gasteiger charge is 2.08. The summed E-state index contributed by atoms with van der Waals surface area (Å²) in [6.45, 7) is 0. The van der Waals surface area contributed by atoms with E-state index in [0.29, 0.717) is 0 Å². The Hall–Kier alpha value is -3.16. The minimum absolute atomic E-state index is 0.446. The topological polar surface area (TPSA) is 20.2 Å². The van der Waals surface area contributed by atoms with Crippen LogP contribution in [0, 0.1) is 0 Å². The molecular formula is C27H24O. The zero-order valence-electron chi connectivity index (χ0n) is 15.8. The first-order chi connectivity index (χ1) is 13.8. The van der Waals surface area contributed by atoms with E-state index in [1.807, 2.05) is 36.4 Å². The van der Waals surface area contributed by atoms with Crippen molar-refractivity contribution in [3.05, 3.63) is 120 Å². The number of aliphatic hydroxyl groups excluding tert-OH is 1. The fourth-order valence-electron chi connectivity index (χ4n) is 3.49. The van der Waals surface area contributed by atoms with Crippen LogP contribution >= 0.6 is 0 Å². The monoisotopic (exact) mass is 364 g/mol. The summed E-state index contributed by atoms with van der Waals surface area (Å²) >= 11 is 0. The second-order valence-corrected chi connectivity index (χ2v) is 7.11. The van der Waals surface area contributed by atoms with E-state index in [2.05, 4.69) is 72.8 Å². The van der Waals surface area contributed by atoms with Crippen molar-refractivity contribution < 1.29 is 5.11 Å². The molecule has 1 unspecified atom stereocenters. The molecule has 4 rings (SSSR count). The lowest BCUT2D eigenvalue weighted by Gasteiger charge is -2.12. The fraction of sp³-hybridized carbons (Fsp3) is 0.111. The Morgan fingerprint density at radius 3 is 1.43 bits per heavy atom. The molecule has 0 spiro atoms. The summed E-state index contributed by atoms with van der Waals surface area (Å²) in [6, 6.07) is 37.6. The SMILES string of the molecule is OC(CCc1ccc(-c2ccccc2)cc1)c1ccc(-c2ccccc2)cc1. The van der Waals surface area contributed by atoms with E-state index in [-0.39, 0.29) is 0 Å². The lowest BCUT2D eigenvalue weighted by molar-refractivity contribution is 0.168. The van der Waals surface area contributed by atoms with Crippen LogP contribution in [0.5, 0.6) is 0 Å². The van der Waals surface area contributed by atoms with Crippen molar-refractivity contribution in [1.82, 2.24) is 0 Å². The molecule has 1 heteroatoms. The fourth-order valence-corrected chi connectivity index (χ4v) is 3.49. The van der Waals surface area contributed by atoms with Crippen molar-refractivity contribution >= 4 is 0 Å². The van der Waals surface area contributed by atoms with Gasteiger partial charge in [-0.25, -0.2) is 0 Å². The van der Waals surface area contributed by atoms with Crippen molar-refractivity contribution in [2.24, 2.45) is 0 Å². The number of aliphatic hydroxyl groups is 1. The molecule has 0 bridgehead atoms.